The highest BCUT2D eigenvalue weighted by atomic mass is 15.2. The van der Waals surface area contributed by atoms with Gasteiger partial charge in [-0.2, -0.15) is 0 Å². The number of hydrogen-bond acceptors (Lipinski definition) is 2. The Hall–Kier alpha value is -1.05. The number of aromatic nitrogens is 1. The summed E-state index contributed by atoms with van der Waals surface area (Å²) in [5, 5.41) is 0. The van der Waals surface area contributed by atoms with Crippen LogP contribution < -0.4 is 4.90 Å². The Bertz CT molecular complexity index is 320. The molecule has 76 valence electrons. The molecule has 0 aliphatic carbocycles. The van der Waals surface area contributed by atoms with Crippen LogP contribution in [0.4, 0.5) is 5.69 Å². The van der Waals surface area contributed by atoms with E-state index in [2.05, 4.69) is 36.7 Å². The predicted octanol–water partition coefficient (Wildman–Crippen LogP) is 2.80. The summed E-state index contributed by atoms with van der Waals surface area (Å²) in [6.07, 6.45) is 5.14. The number of hydrogen-bond donors (Lipinski definition) is 0. The smallest absolute Gasteiger partial charge is 0.0435 e. The van der Waals surface area contributed by atoms with E-state index in [1.54, 1.807) is 0 Å². The Morgan fingerprint density at radius 3 is 3.00 bits per heavy atom. The molecule has 2 rings (SSSR count). The van der Waals surface area contributed by atoms with Gasteiger partial charge >= 0.3 is 0 Å². The summed E-state index contributed by atoms with van der Waals surface area (Å²) in [4.78, 5) is 6.70. The van der Waals surface area contributed by atoms with E-state index >= 15 is 0 Å². The molecule has 1 aliphatic rings. The van der Waals surface area contributed by atoms with Gasteiger partial charge in [0, 0.05) is 36.6 Å². The number of rotatable bonds is 2. The average molecular weight is 190 g/mol. The normalized spacial score (nSPS) is 20.3. The SMILES string of the molecule is CCC1CN(C(C)C)c2ccncc21. The highest BCUT2D eigenvalue weighted by Gasteiger charge is 2.28. The van der Waals surface area contributed by atoms with E-state index in [1.807, 2.05) is 12.4 Å². The van der Waals surface area contributed by atoms with Gasteiger partial charge in [-0.05, 0) is 31.9 Å². The summed E-state index contributed by atoms with van der Waals surface area (Å²) in [5.74, 6) is 0.682. The lowest BCUT2D eigenvalue weighted by atomic mass is 10.0. The predicted molar refractivity (Wildman–Crippen MR) is 59.8 cm³/mol. The number of anilines is 1. The first-order chi connectivity index (χ1) is 6.74. The van der Waals surface area contributed by atoms with E-state index in [0.29, 0.717) is 12.0 Å². The van der Waals surface area contributed by atoms with Crippen LogP contribution in [0.5, 0.6) is 0 Å². The van der Waals surface area contributed by atoms with Crippen LogP contribution in [0.2, 0.25) is 0 Å². The van der Waals surface area contributed by atoms with Crippen molar-refractivity contribution in [2.45, 2.75) is 39.2 Å². The van der Waals surface area contributed by atoms with Crippen molar-refractivity contribution in [1.29, 1.82) is 0 Å². The molecule has 0 saturated heterocycles. The van der Waals surface area contributed by atoms with Gasteiger partial charge in [0.05, 0.1) is 0 Å². The van der Waals surface area contributed by atoms with Crippen molar-refractivity contribution in [3.8, 4) is 0 Å². The molecular formula is C12H18N2. The van der Waals surface area contributed by atoms with E-state index in [-0.39, 0.29) is 0 Å². The zero-order valence-corrected chi connectivity index (χ0v) is 9.20. The monoisotopic (exact) mass is 190 g/mol. The van der Waals surface area contributed by atoms with E-state index < -0.39 is 0 Å². The first-order valence-electron chi connectivity index (χ1n) is 5.44. The van der Waals surface area contributed by atoms with Crippen LogP contribution in [-0.4, -0.2) is 17.6 Å². The first kappa shape index (κ1) is 9.50. The largest absolute Gasteiger partial charge is 0.368 e. The lowest BCUT2D eigenvalue weighted by Crippen LogP contribution is -2.29. The molecule has 14 heavy (non-hydrogen) atoms. The summed E-state index contributed by atoms with van der Waals surface area (Å²) < 4.78 is 0. The quantitative estimate of drug-likeness (QED) is 0.713. The molecule has 0 saturated carbocycles. The molecule has 0 bridgehead atoms. The fraction of sp³-hybridized carbons (Fsp3) is 0.583. The fourth-order valence-electron chi connectivity index (χ4n) is 2.25. The average Bonchev–Trinajstić information content (AvgIpc) is 2.56. The third-order valence-electron chi connectivity index (χ3n) is 3.11. The Morgan fingerprint density at radius 2 is 2.36 bits per heavy atom. The molecule has 2 nitrogen and oxygen atoms in total. The Labute approximate surface area is 86.0 Å². The van der Waals surface area contributed by atoms with Crippen LogP contribution in [-0.2, 0) is 0 Å². The first-order valence-corrected chi connectivity index (χ1v) is 5.44. The number of nitrogens with zero attached hydrogens (tertiary/aromatic N) is 2. The highest BCUT2D eigenvalue weighted by molar-refractivity contribution is 5.59. The van der Waals surface area contributed by atoms with Crippen LogP contribution in [0.3, 0.4) is 0 Å². The zero-order valence-electron chi connectivity index (χ0n) is 9.20. The summed E-state index contributed by atoms with van der Waals surface area (Å²) in [6.45, 7) is 7.92. The number of fused-ring (bicyclic) bond motifs is 1. The van der Waals surface area contributed by atoms with Gasteiger partial charge in [-0.25, -0.2) is 0 Å². The van der Waals surface area contributed by atoms with E-state index in [4.69, 9.17) is 0 Å². The zero-order chi connectivity index (χ0) is 10.1. The molecule has 0 N–H and O–H groups in total. The van der Waals surface area contributed by atoms with Crippen LogP contribution >= 0.6 is 0 Å². The second-order valence-corrected chi connectivity index (χ2v) is 4.29. The van der Waals surface area contributed by atoms with Crippen LogP contribution in [0, 0.1) is 0 Å². The van der Waals surface area contributed by atoms with Crippen molar-refractivity contribution in [2.24, 2.45) is 0 Å². The minimum atomic E-state index is 0.590. The lowest BCUT2D eigenvalue weighted by molar-refractivity contribution is 0.629. The molecule has 0 amide bonds. The van der Waals surface area contributed by atoms with Crippen molar-refractivity contribution in [3.05, 3.63) is 24.0 Å². The molecule has 0 aromatic carbocycles. The maximum Gasteiger partial charge on any atom is 0.0435 e. The van der Waals surface area contributed by atoms with E-state index in [0.717, 1.165) is 6.54 Å². The molecule has 2 heteroatoms. The van der Waals surface area contributed by atoms with Crippen LogP contribution in [0.1, 0.15) is 38.7 Å². The van der Waals surface area contributed by atoms with Gasteiger partial charge in [-0.15, -0.1) is 0 Å². The van der Waals surface area contributed by atoms with Crippen molar-refractivity contribution < 1.29 is 0 Å². The second kappa shape index (κ2) is 3.60. The van der Waals surface area contributed by atoms with Crippen LogP contribution in [0.25, 0.3) is 0 Å². The highest BCUT2D eigenvalue weighted by Crippen LogP contribution is 2.38. The molecule has 0 radical (unpaired) electrons. The van der Waals surface area contributed by atoms with Crippen molar-refractivity contribution in [2.75, 3.05) is 11.4 Å². The lowest BCUT2D eigenvalue weighted by Gasteiger charge is -2.24. The molecule has 2 heterocycles. The van der Waals surface area contributed by atoms with Gasteiger partial charge < -0.3 is 4.90 Å². The van der Waals surface area contributed by atoms with Gasteiger partial charge in [-0.1, -0.05) is 6.92 Å². The van der Waals surface area contributed by atoms with Crippen molar-refractivity contribution in [1.82, 2.24) is 4.98 Å². The van der Waals surface area contributed by atoms with Crippen molar-refractivity contribution >= 4 is 5.69 Å². The molecular weight excluding hydrogens is 172 g/mol. The summed E-state index contributed by atoms with van der Waals surface area (Å²) in [7, 11) is 0. The molecule has 1 aromatic heterocycles. The molecule has 1 unspecified atom stereocenters. The second-order valence-electron chi connectivity index (χ2n) is 4.29. The van der Waals surface area contributed by atoms with Crippen LogP contribution in [0.15, 0.2) is 18.5 Å². The third-order valence-corrected chi connectivity index (χ3v) is 3.11. The fourth-order valence-corrected chi connectivity index (χ4v) is 2.25. The van der Waals surface area contributed by atoms with Gasteiger partial charge in [0.1, 0.15) is 0 Å². The summed E-state index contributed by atoms with van der Waals surface area (Å²) in [5.41, 5.74) is 2.82. The van der Waals surface area contributed by atoms with Crippen molar-refractivity contribution in [3.63, 3.8) is 0 Å². The maximum atomic E-state index is 4.22. The maximum absolute atomic E-state index is 4.22. The Kier molecular flexibility index (Phi) is 2.44. The molecule has 0 spiro atoms. The summed E-state index contributed by atoms with van der Waals surface area (Å²) >= 11 is 0. The van der Waals surface area contributed by atoms with Gasteiger partial charge in [-0.3, -0.25) is 4.98 Å². The standard InChI is InChI=1S/C12H18N2/c1-4-10-8-14(9(2)3)12-5-6-13-7-11(10)12/h5-7,9-10H,4,8H2,1-3H3. The molecule has 1 aromatic rings. The summed E-state index contributed by atoms with van der Waals surface area (Å²) in [6, 6.07) is 2.73. The molecule has 1 atom stereocenters. The van der Waals surface area contributed by atoms with E-state index in [1.165, 1.54) is 17.7 Å². The minimum Gasteiger partial charge on any atom is -0.368 e. The number of pyridine rings is 1. The van der Waals surface area contributed by atoms with Gasteiger partial charge in [0.25, 0.3) is 0 Å². The third kappa shape index (κ3) is 1.39. The van der Waals surface area contributed by atoms with Gasteiger partial charge in [0.2, 0.25) is 0 Å². The Morgan fingerprint density at radius 1 is 1.57 bits per heavy atom. The minimum absolute atomic E-state index is 0.590. The van der Waals surface area contributed by atoms with Gasteiger partial charge in [0.15, 0.2) is 0 Å². The molecule has 0 fully saturated rings. The topological polar surface area (TPSA) is 16.1 Å². The van der Waals surface area contributed by atoms with E-state index in [9.17, 15) is 0 Å². The molecule has 1 aliphatic heterocycles. The Balaban J connectivity index is 2.38.